The third-order valence-corrected chi connectivity index (χ3v) is 5.40. The molecule has 4 heteroatoms. The van der Waals surface area contributed by atoms with Gasteiger partial charge in [-0.05, 0) is 38.9 Å². The van der Waals surface area contributed by atoms with E-state index in [9.17, 15) is 4.79 Å². The van der Waals surface area contributed by atoms with E-state index < -0.39 is 0 Å². The summed E-state index contributed by atoms with van der Waals surface area (Å²) in [6.45, 7) is 3.40. The molecule has 1 aliphatic heterocycles. The molecule has 0 spiro atoms. The number of carbonyl (C=O) groups excluding carboxylic acids is 1. The van der Waals surface area contributed by atoms with Gasteiger partial charge in [0, 0.05) is 17.0 Å². The number of ether oxygens (including phenoxy) is 1. The van der Waals surface area contributed by atoms with E-state index in [4.69, 9.17) is 4.74 Å². The zero-order valence-electron chi connectivity index (χ0n) is 13.0. The average Bonchev–Trinajstić information content (AvgIpc) is 2.49. The second-order valence-corrected chi connectivity index (χ2v) is 6.88. The van der Waals surface area contributed by atoms with Crippen molar-refractivity contribution in [3.05, 3.63) is 35.9 Å². The summed E-state index contributed by atoms with van der Waals surface area (Å²) in [7, 11) is 2.11. The summed E-state index contributed by atoms with van der Waals surface area (Å²) in [5, 5.41) is 0.640. The van der Waals surface area contributed by atoms with Crippen molar-refractivity contribution >= 4 is 17.7 Å². The SMILES string of the molecule is CCOC(=O)CC1CC(SCc2ccccc2)CCN1C. The Kier molecular flexibility index (Phi) is 6.58. The maximum atomic E-state index is 11.7. The molecule has 0 amide bonds. The number of nitrogens with zero attached hydrogens (tertiary/aromatic N) is 1. The van der Waals surface area contributed by atoms with Crippen molar-refractivity contribution in [2.75, 3.05) is 20.2 Å². The lowest BCUT2D eigenvalue weighted by Gasteiger charge is -2.36. The van der Waals surface area contributed by atoms with Crippen molar-refractivity contribution < 1.29 is 9.53 Å². The molecule has 1 saturated heterocycles. The third kappa shape index (κ3) is 5.36. The van der Waals surface area contributed by atoms with Crippen molar-refractivity contribution in [3.63, 3.8) is 0 Å². The zero-order chi connectivity index (χ0) is 15.1. The van der Waals surface area contributed by atoms with Gasteiger partial charge in [-0.15, -0.1) is 0 Å². The minimum Gasteiger partial charge on any atom is -0.466 e. The Morgan fingerprint density at radius 1 is 1.38 bits per heavy atom. The molecule has 0 radical (unpaired) electrons. The first-order valence-corrected chi connectivity index (χ1v) is 8.75. The van der Waals surface area contributed by atoms with Crippen molar-refractivity contribution in [2.45, 2.75) is 43.2 Å². The van der Waals surface area contributed by atoms with Crippen LogP contribution in [0.1, 0.15) is 31.7 Å². The van der Waals surface area contributed by atoms with E-state index in [1.165, 1.54) is 12.0 Å². The molecule has 1 fully saturated rings. The Hall–Kier alpha value is -1.00. The van der Waals surface area contributed by atoms with Crippen LogP contribution in [0.5, 0.6) is 0 Å². The second-order valence-electron chi connectivity index (χ2n) is 5.59. The van der Waals surface area contributed by atoms with Crippen molar-refractivity contribution in [3.8, 4) is 0 Å². The fourth-order valence-corrected chi connectivity index (χ4v) is 3.97. The van der Waals surface area contributed by atoms with Gasteiger partial charge in [0.15, 0.2) is 0 Å². The number of thioether (sulfide) groups is 1. The minimum absolute atomic E-state index is 0.0666. The standard InChI is InChI=1S/C17H25NO2S/c1-3-20-17(19)12-15-11-16(9-10-18(15)2)21-13-14-7-5-4-6-8-14/h4-8,15-16H,3,9-13H2,1-2H3. The van der Waals surface area contributed by atoms with Crippen LogP contribution in [0.2, 0.25) is 0 Å². The van der Waals surface area contributed by atoms with E-state index in [-0.39, 0.29) is 5.97 Å². The minimum atomic E-state index is -0.0666. The van der Waals surface area contributed by atoms with Gasteiger partial charge in [0.2, 0.25) is 0 Å². The van der Waals surface area contributed by atoms with Gasteiger partial charge in [-0.25, -0.2) is 0 Å². The highest BCUT2D eigenvalue weighted by Gasteiger charge is 2.28. The molecule has 3 nitrogen and oxygen atoms in total. The molecule has 1 aliphatic rings. The molecule has 0 N–H and O–H groups in total. The predicted molar refractivity (Wildman–Crippen MR) is 88.4 cm³/mol. The van der Waals surface area contributed by atoms with Crippen molar-refractivity contribution in [2.24, 2.45) is 0 Å². The number of esters is 1. The van der Waals surface area contributed by atoms with Crippen LogP contribution in [0, 0.1) is 0 Å². The first-order chi connectivity index (χ1) is 10.2. The molecular weight excluding hydrogens is 282 g/mol. The lowest BCUT2D eigenvalue weighted by atomic mass is 10.00. The van der Waals surface area contributed by atoms with Crippen LogP contribution in [-0.2, 0) is 15.3 Å². The number of rotatable bonds is 6. The summed E-state index contributed by atoms with van der Waals surface area (Å²) in [4.78, 5) is 14.0. The van der Waals surface area contributed by atoms with Crippen molar-refractivity contribution in [1.82, 2.24) is 4.90 Å². The van der Waals surface area contributed by atoms with Crippen LogP contribution in [0.25, 0.3) is 0 Å². The molecule has 116 valence electrons. The van der Waals surface area contributed by atoms with Crippen molar-refractivity contribution in [1.29, 1.82) is 0 Å². The molecule has 0 saturated carbocycles. The van der Waals surface area contributed by atoms with E-state index in [0.29, 0.717) is 24.3 Å². The molecule has 0 aromatic heterocycles. The smallest absolute Gasteiger partial charge is 0.307 e. The molecule has 2 unspecified atom stereocenters. The zero-order valence-corrected chi connectivity index (χ0v) is 13.8. The molecule has 1 heterocycles. The van der Waals surface area contributed by atoms with E-state index in [0.717, 1.165) is 18.7 Å². The molecule has 21 heavy (non-hydrogen) atoms. The highest BCUT2D eigenvalue weighted by atomic mass is 32.2. The van der Waals surface area contributed by atoms with Gasteiger partial charge in [0.25, 0.3) is 0 Å². The van der Waals surface area contributed by atoms with E-state index in [1.54, 1.807) is 0 Å². The van der Waals surface area contributed by atoms with Crippen LogP contribution in [0.15, 0.2) is 30.3 Å². The normalized spacial score (nSPS) is 23.0. The number of likely N-dealkylation sites (tertiary alicyclic amines) is 1. The second kappa shape index (κ2) is 8.44. The summed E-state index contributed by atoms with van der Waals surface area (Å²) >= 11 is 2.02. The largest absolute Gasteiger partial charge is 0.466 e. The highest BCUT2D eigenvalue weighted by Crippen LogP contribution is 2.30. The molecule has 0 aliphatic carbocycles. The monoisotopic (exact) mass is 307 g/mol. The summed E-state index contributed by atoms with van der Waals surface area (Å²) in [6, 6.07) is 10.9. The molecule has 1 aromatic carbocycles. The lowest BCUT2D eigenvalue weighted by Crippen LogP contribution is -2.42. The van der Waals surface area contributed by atoms with E-state index >= 15 is 0 Å². The Labute approximate surface area is 132 Å². The maximum Gasteiger partial charge on any atom is 0.307 e. The first-order valence-electron chi connectivity index (χ1n) is 7.70. The van der Waals surface area contributed by atoms with E-state index in [2.05, 4.69) is 42.3 Å². The number of benzene rings is 1. The van der Waals surface area contributed by atoms with E-state index in [1.807, 2.05) is 18.7 Å². The van der Waals surface area contributed by atoms with Crippen LogP contribution in [0.3, 0.4) is 0 Å². The topological polar surface area (TPSA) is 29.5 Å². The van der Waals surface area contributed by atoms with Crippen LogP contribution in [0.4, 0.5) is 0 Å². The molecule has 2 rings (SSSR count). The maximum absolute atomic E-state index is 11.7. The van der Waals surface area contributed by atoms with Gasteiger partial charge in [-0.3, -0.25) is 4.79 Å². The summed E-state index contributed by atoms with van der Waals surface area (Å²) in [5.74, 6) is 0.990. The highest BCUT2D eigenvalue weighted by molar-refractivity contribution is 7.99. The van der Waals surface area contributed by atoms with Gasteiger partial charge in [-0.1, -0.05) is 30.3 Å². The van der Waals surface area contributed by atoms with Gasteiger partial charge in [0.05, 0.1) is 13.0 Å². The van der Waals surface area contributed by atoms with Gasteiger partial charge < -0.3 is 9.64 Å². The van der Waals surface area contributed by atoms with Crippen LogP contribution >= 0.6 is 11.8 Å². The Bertz CT molecular complexity index is 438. The van der Waals surface area contributed by atoms with Crippen LogP contribution in [-0.4, -0.2) is 42.4 Å². The first kappa shape index (κ1) is 16.4. The average molecular weight is 307 g/mol. The number of hydrogen-bond acceptors (Lipinski definition) is 4. The quantitative estimate of drug-likeness (QED) is 0.754. The summed E-state index contributed by atoms with van der Waals surface area (Å²) < 4.78 is 5.09. The number of hydrogen-bond donors (Lipinski definition) is 0. The molecular formula is C17H25NO2S. The predicted octanol–water partition coefficient (Wildman–Crippen LogP) is 3.34. The molecule has 0 bridgehead atoms. The molecule has 1 aromatic rings. The number of piperidine rings is 1. The summed E-state index contributed by atoms with van der Waals surface area (Å²) in [6.07, 6.45) is 2.80. The van der Waals surface area contributed by atoms with Crippen LogP contribution < -0.4 is 0 Å². The third-order valence-electron chi connectivity index (χ3n) is 4.00. The lowest BCUT2D eigenvalue weighted by molar-refractivity contribution is -0.144. The summed E-state index contributed by atoms with van der Waals surface area (Å²) in [5.41, 5.74) is 1.38. The Morgan fingerprint density at radius 2 is 2.14 bits per heavy atom. The Morgan fingerprint density at radius 3 is 2.86 bits per heavy atom. The fraction of sp³-hybridized carbons (Fsp3) is 0.588. The van der Waals surface area contributed by atoms with Gasteiger partial charge in [0.1, 0.15) is 0 Å². The molecule has 2 atom stereocenters. The fourth-order valence-electron chi connectivity index (χ4n) is 2.72. The van der Waals surface area contributed by atoms with Gasteiger partial charge in [-0.2, -0.15) is 11.8 Å². The number of carbonyl (C=O) groups is 1. The Balaban J connectivity index is 1.81. The van der Waals surface area contributed by atoms with Gasteiger partial charge >= 0.3 is 5.97 Å².